The predicted molar refractivity (Wildman–Crippen MR) is 92.7 cm³/mol. The van der Waals surface area contributed by atoms with Crippen LogP contribution < -0.4 is 10.1 Å². The molecule has 3 rings (SSSR count). The number of aromatic nitrogens is 2. The minimum atomic E-state index is -4.41. The van der Waals surface area contributed by atoms with Crippen LogP contribution in [0, 0.1) is 0 Å². The molecule has 2 aromatic heterocycles. The number of carbonyl (C=O) groups excluding carboxylic acids is 1. The summed E-state index contributed by atoms with van der Waals surface area (Å²) in [5.41, 5.74) is -0.156. The van der Waals surface area contributed by atoms with Crippen LogP contribution in [0.4, 0.5) is 13.2 Å². The summed E-state index contributed by atoms with van der Waals surface area (Å²) in [6, 6.07) is 4.16. The summed E-state index contributed by atoms with van der Waals surface area (Å²) in [5.74, 6) is -0.0965. The Balaban J connectivity index is 1.40. The maximum atomic E-state index is 12.5. The highest BCUT2D eigenvalue weighted by Crippen LogP contribution is 2.30. The van der Waals surface area contributed by atoms with Crippen LogP contribution in [0.25, 0.3) is 4.96 Å². The maximum Gasteiger partial charge on any atom is 0.416 e. The van der Waals surface area contributed by atoms with E-state index in [9.17, 15) is 23.1 Å². The van der Waals surface area contributed by atoms with Crippen molar-refractivity contribution in [2.45, 2.75) is 18.7 Å². The molecule has 0 saturated heterocycles. The number of fused-ring (bicyclic) bond motifs is 1. The molecule has 0 aliphatic rings. The monoisotopic (exact) mass is 399 g/mol. The van der Waals surface area contributed by atoms with Crippen LogP contribution in [0.1, 0.15) is 11.3 Å². The maximum absolute atomic E-state index is 12.5. The summed E-state index contributed by atoms with van der Waals surface area (Å²) >= 11 is 1.46. The third kappa shape index (κ3) is 5.20. The summed E-state index contributed by atoms with van der Waals surface area (Å²) < 4.78 is 44.5. The van der Waals surface area contributed by atoms with Crippen molar-refractivity contribution in [3.63, 3.8) is 0 Å². The van der Waals surface area contributed by atoms with Gasteiger partial charge in [0.1, 0.15) is 18.5 Å². The number of hydrogen-bond acceptors (Lipinski definition) is 5. The SMILES string of the molecule is O=C(Cc1cn2ccsc2n1)NCC(O)COc1ccc(C(F)(F)F)cc1. The normalized spacial score (nSPS) is 12.9. The average molecular weight is 399 g/mol. The number of aliphatic hydroxyl groups excluding tert-OH is 1. The molecular weight excluding hydrogens is 383 g/mol. The van der Waals surface area contributed by atoms with Crippen molar-refractivity contribution >= 4 is 22.2 Å². The van der Waals surface area contributed by atoms with Crippen molar-refractivity contribution in [2.75, 3.05) is 13.2 Å². The first kappa shape index (κ1) is 19.2. The number of alkyl halides is 3. The molecule has 0 aliphatic carbocycles. The third-order valence-corrected chi connectivity index (χ3v) is 4.41. The molecule has 1 aromatic carbocycles. The van der Waals surface area contributed by atoms with E-state index in [1.54, 1.807) is 6.20 Å². The topological polar surface area (TPSA) is 75.9 Å². The van der Waals surface area contributed by atoms with Crippen molar-refractivity contribution in [1.29, 1.82) is 0 Å². The number of nitrogens with zero attached hydrogens (tertiary/aromatic N) is 2. The van der Waals surface area contributed by atoms with Gasteiger partial charge in [-0.05, 0) is 24.3 Å². The number of nitrogens with one attached hydrogen (secondary N) is 1. The van der Waals surface area contributed by atoms with E-state index < -0.39 is 17.8 Å². The fourth-order valence-electron chi connectivity index (χ4n) is 2.31. The van der Waals surface area contributed by atoms with Crippen LogP contribution in [0.3, 0.4) is 0 Å². The molecule has 0 bridgehead atoms. The van der Waals surface area contributed by atoms with Gasteiger partial charge in [0.05, 0.1) is 17.7 Å². The van der Waals surface area contributed by atoms with Crippen LogP contribution >= 0.6 is 11.3 Å². The van der Waals surface area contributed by atoms with E-state index in [1.165, 1.54) is 23.5 Å². The number of carbonyl (C=O) groups is 1. The highest BCUT2D eigenvalue weighted by Gasteiger charge is 2.30. The lowest BCUT2D eigenvalue weighted by atomic mass is 10.2. The molecule has 1 amide bonds. The second-order valence-electron chi connectivity index (χ2n) is 5.79. The largest absolute Gasteiger partial charge is 0.491 e. The Morgan fingerprint density at radius 2 is 2.07 bits per heavy atom. The second kappa shape index (κ2) is 7.97. The zero-order valence-electron chi connectivity index (χ0n) is 13.9. The number of imidazole rings is 1. The van der Waals surface area contributed by atoms with E-state index >= 15 is 0 Å². The van der Waals surface area contributed by atoms with E-state index in [-0.39, 0.29) is 31.2 Å². The summed E-state index contributed by atoms with van der Waals surface area (Å²) in [5, 5.41) is 14.3. The molecule has 144 valence electrons. The number of thiazole rings is 1. The molecule has 0 aliphatic heterocycles. The van der Waals surface area contributed by atoms with Crippen LogP contribution in [0.2, 0.25) is 0 Å². The predicted octanol–water partition coefficient (Wildman–Crippen LogP) is 2.51. The zero-order valence-corrected chi connectivity index (χ0v) is 14.8. The standard InChI is InChI=1S/C17H16F3N3O3S/c18-17(19,20)11-1-3-14(4-2-11)26-10-13(24)8-21-15(25)7-12-9-23-5-6-27-16(23)22-12/h1-6,9,13,24H,7-8,10H2,(H,21,25). The van der Waals surface area contributed by atoms with Gasteiger partial charge in [-0.2, -0.15) is 13.2 Å². The molecule has 27 heavy (non-hydrogen) atoms. The Morgan fingerprint density at radius 3 is 2.74 bits per heavy atom. The first-order chi connectivity index (χ1) is 12.8. The number of ether oxygens (including phenoxy) is 1. The highest BCUT2D eigenvalue weighted by atomic mass is 32.1. The summed E-state index contributed by atoms with van der Waals surface area (Å²) in [7, 11) is 0. The number of hydrogen-bond donors (Lipinski definition) is 2. The van der Waals surface area contributed by atoms with E-state index in [2.05, 4.69) is 10.3 Å². The summed E-state index contributed by atoms with van der Waals surface area (Å²) in [6.45, 7) is -0.201. The average Bonchev–Trinajstić information content (AvgIpc) is 3.19. The molecule has 3 aromatic rings. The minimum Gasteiger partial charge on any atom is -0.491 e. The Labute approximate surface area is 156 Å². The lowest BCUT2D eigenvalue weighted by molar-refractivity contribution is -0.137. The molecular formula is C17H16F3N3O3S. The number of benzene rings is 1. The van der Waals surface area contributed by atoms with Crippen molar-refractivity contribution in [3.8, 4) is 5.75 Å². The minimum absolute atomic E-state index is 0.0400. The number of halogens is 3. The van der Waals surface area contributed by atoms with E-state index in [0.29, 0.717) is 5.69 Å². The van der Waals surface area contributed by atoms with Crippen molar-refractivity contribution in [3.05, 3.63) is 53.3 Å². The van der Waals surface area contributed by atoms with Gasteiger partial charge in [0.2, 0.25) is 5.91 Å². The Kier molecular flexibility index (Phi) is 5.66. The molecule has 0 saturated carbocycles. The van der Waals surface area contributed by atoms with Gasteiger partial charge in [0.25, 0.3) is 0 Å². The molecule has 10 heteroatoms. The van der Waals surface area contributed by atoms with Crippen LogP contribution in [0.15, 0.2) is 42.0 Å². The number of amides is 1. The number of aliphatic hydroxyl groups is 1. The van der Waals surface area contributed by atoms with Gasteiger partial charge < -0.3 is 15.2 Å². The molecule has 0 fully saturated rings. The molecule has 0 spiro atoms. The van der Waals surface area contributed by atoms with E-state index in [0.717, 1.165) is 17.1 Å². The van der Waals surface area contributed by atoms with E-state index in [4.69, 9.17) is 4.74 Å². The molecule has 0 radical (unpaired) electrons. The van der Waals surface area contributed by atoms with Gasteiger partial charge in [-0.25, -0.2) is 4.98 Å². The number of rotatable bonds is 7. The van der Waals surface area contributed by atoms with Gasteiger partial charge in [0, 0.05) is 24.3 Å². The van der Waals surface area contributed by atoms with Gasteiger partial charge in [-0.1, -0.05) is 0 Å². The van der Waals surface area contributed by atoms with Gasteiger partial charge in [0.15, 0.2) is 4.96 Å². The molecule has 6 nitrogen and oxygen atoms in total. The molecule has 2 N–H and O–H groups in total. The lowest BCUT2D eigenvalue weighted by Crippen LogP contribution is -2.36. The smallest absolute Gasteiger partial charge is 0.416 e. The Morgan fingerprint density at radius 1 is 1.33 bits per heavy atom. The summed E-state index contributed by atoms with van der Waals surface area (Å²) in [4.78, 5) is 17.0. The van der Waals surface area contributed by atoms with Crippen molar-refractivity contribution < 1.29 is 27.8 Å². The van der Waals surface area contributed by atoms with Crippen LogP contribution in [-0.2, 0) is 17.4 Å². The van der Waals surface area contributed by atoms with Crippen LogP contribution in [-0.4, -0.2) is 39.7 Å². The summed E-state index contributed by atoms with van der Waals surface area (Å²) in [6.07, 6.45) is -1.72. The molecule has 1 atom stereocenters. The fourth-order valence-corrected chi connectivity index (χ4v) is 3.03. The first-order valence-electron chi connectivity index (χ1n) is 7.97. The fraction of sp³-hybridized carbons (Fsp3) is 0.294. The van der Waals surface area contributed by atoms with E-state index in [1.807, 2.05) is 16.0 Å². The molecule has 1 unspecified atom stereocenters. The third-order valence-electron chi connectivity index (χ3n) is 3.64. The first-order valence-corrected chi connectivity index (χ1v) is 8.85. The molecule has 2 heterocycles. The van der Waals surface area contributed by atoms with Crippen molar-refractivity contribution in [1.82, 2.24) is 14.7 Å². The van der Waals surface area contributed by atoms with Gasteiger partial charge >= 0.3 is 6.18 Å². The van der Waals surface area contributed by atoms with Gasteiger partial charge in [-0.3, -0.25) is 9.20 Å². The lowest BCUT2D eigenvalue weighted by Gasteiger charge is -2.14. The van der Waals surface area contributed by atoms with Gasteiger partial charge in [-0.15, -0.1) is 11.3 Å². The zero-order chi connectivity index (χ0) is 19.4. The Bertz CT molecular complexity index is 877. The second-order valence-corrected chi connectivity index (χ2v) is 6.67. The highest BCUT2D eigenvalue weighted by molar-refractivity contribution is 7.15. The van der Waals surface area contributed by atoms with Crippen molar-refractivity contribution in [2.24, 2.45) is 0 Å². The quantitative estimate of drug-likeness (QED) is 0.640. The van der Waals surface area contributed by atoms with Crippen LogP contribution in [0.5, 0.6) is 5.75 Å². The Hall–Kier alpha value is -2.59.